The number of nitrogens with zero attached hydrogens (tertiary/aromatic N) is 5. The summed E-state index contributed by atoms with van der Waals surface area (Å²) in [7, 11) is 3.24. The van der Waals surface area contributed by atoms with Gasteiger partial charge < -0.3 is 29.7 Å². The average molecular weight is 474 g/mol. The van der Waals surface area contributed by atoms with E-state index in [1.165, 1.54) is 12.0 Å². The van der Waals surface area contributed by atoms with Gasteiger partial charge in [0.1, 0.15) is 29.5 Å². The standard InChI is InChI=1S/C25H27N7O3/c1-33-20-7-8-22(34-2)21(15-20)30-25-26-9-10-32(25)24-16-23(27-17-28-24)29-18-3-5-19(6-4-18)31-11-13-35-14-12-31/h3-10,15-17H,11-14H2,1-2H3,(H,26,30)(H,27,28,29). The van der Waals surface area contributed by atoms with Crippen molar-refractivity contribution in [1.29, 1.82) is 0 Å². The van der Waals surface area contributed by atoms with Crippen LogP contribution < -0.4 is 25.0 Å². The zero-order chi connectivity index (χ0) is 24.0. The summed E-state index contributed by atoms with van der Waals surface area (Å²) >= 11 is 0. The summed E-state index contributed by atoms with van der Waals surface area (Å²) in [4.78, 5) is 15.6. The monoisotopic (exact) mass is 473 g/mol. The molecule has 0 atom stereocenters. The summed E-state index contributed by atoms with van der Waals surface area (Å²) in [5, 5.41) is 6.66. The molecule has 0 saturated carbocycles. The maximum Gasteiger partial charge on any atom is 0.213 e. The predicted molar refractivity (Wildman–Crippen MR) is 135 cm³/mol. The maximum absolute atomic E-state index is 5.47. The summed E-state index contributed by atoms with van der Waals surface area (Å²) in [6.45, 7) is 3.34. The Morgan fingerprint density at radius 3 is 2.49 bits per heavy atom. The van der Waals surface area contributed by atoms with Crippen LogP contribution in [0.2, 0.25) is 0 Å². The van der Waals surface area contributed by atoms with Crippen LogP contribution in [0, 0.1) is 0 Å². The van der Waals surface area contributed by atoms with E-state index in [0.29, 0.717) is 29.1 Å². The van der Waals surface area contributed by atoms with Gasteiger partial charge in [0.25, 0.3) is 0 Å². The highest BCUT2D eigenvalue weighted by atomic mass is 16.5. The molecule has 10 heteroatoms. The highest BCUT2D eigenvalue weighted by Crippen LogP contribution is 2.31. The molecule has 0 aliphatic carbocycles. The van der Waals surface area contributed by atoms with Gasteiger partial charge in [0.05, 0.1) is 33.1 Å². The van der Waals surface area contributed by atoms with Crippen molar-refractivity contribution in [3.63, 3.8) is 0 Å². The van der Waals surface area contributed by atoms with E-state index >= 15 is 0 Å². The number of methoxy groups -OCH3 is 2. The molecule has 0 amide bonds. The number of imidazole rings is 1. The van der Waals surface area contributed by atoms with Gasteiger partial charge in [0.15, 0.2) is 0 Å². The van der Waals surface area contributed by atoms with Crippen LogP contribution in [-0.2, 0) is 4.74 Å². The highest BCUT2D eigenvalue weighted by Gasteiger charge is 2.13. The number of aromatic nitrogens is 4. The molecule has 0 unspecified atom stereocenters. The quantitative estimate of drug-likeness (QED) is 0.393. The lowest BCUT2D eigenvalue weighted by Crippen LogP contribution is -2.36. The molecule has 0 spiro atoms. The Morgan fingerprint density at radius 2 is 1.71 bits per heavy atom. The van der Waals surface area contributed by atoms with E-state index in [0.717, 1.165) is 37.7 Å². The second-order valence-corrected chi connectivity index (χ2v) is 7.84. The summed E-state index contributed by atoms with van der Waals surface area (Å²) in [5.41, 5.74) is 2.85. The average Bonchev–Trinajstić information content (AvgIpc) is 3.38. The van der Waals surface area contributed by atoms with Gasteiger partial charge in [-0.25, -0.2) is 15.0 Å². The number of benzene rings is 2. The number of anilines is 5. The summed E-state index contributed by atoms with van der Waals surface area (Å²) in [5.74, 6) is 3.29. The molecule has 35 heavy (non-hydrogen) atoms. The van der Waals surface area contributed by atoms with Crippen molar-refractivity contribution in [2.24, 2.45) is 0 Å². The molecule has 0 radical (unpaired) electrons. The molecule has 1 fully saturated rings. The summed E-state index contributed by atoms with van der Waals surface area (Å²) < 4.78 is 18.1. The van der Waals surface area contributed by atoms with Crippen molar-refractivity contribution in [3.8, 4) is 17.3 Å². The van der Waals surface area contributed by atoms with Crippen LogP contribution in [0.4, 0.5) is 28.8 Å². The molecule has 5 rings (SSSR count). The van der Waals surface area contributed by atoms with Gasteiger partial charge in [-0.05, 0) is 36.4 Å². The lowest BCUT2D eigenvalue weighted by molar-refractivity contribution is 0.122. The molecular weight excluding hydrogens is 446 g/mol. The van der Waals surface area contributed by atoms with Crippen molar-refractivity contribution in [3.05, 3.63) is 67.3 Å². The van der Waals surface area contributed by atoms with Crippen molar-refractivity contribution >= 4 is 28.8 Å². The molecule has 1 saturated heterocycles. The molecule has 3 heterocycles. The lowest BCUT2D eigenvalue weighted by Gasteiger charge is -2.28. The van der Waals surface area contributed by atoms with E-state index in [-0.39, 0.29) is 0 Å². The van der Waals surface area contributed by atoms with Crippen molar-refractivity contribution < 1.29 is 14.2 Å². The van der Waals surface area contributed by atoms with Crippen molar-refractivity contribution in [2.45, 2.75) is 0 Å². The molecule has 1 aliphatic heterocycles. The predicted octanol–water partition coefficient (Wildman–Crippen LogP) is 4.00. The molecule has 0 bridgehead atoms. The first kappa shape index (κ1) is 22.5. The minimum absolute atomic E-state index is 0.580. The first-order chi connectivity index (χ1) is 17.2. The third-order valence-electron chi connectivity index (χ3n) is 5.71. The second kappa shape index (κ2) is 10.3. The minimum atomic E-state index is 0.580. The number of nitrogens with one attached hydrogen (secondary N) is 2. The van der Waals surface area contributed by atoms with Crippen LogP contribution in [0.25, 0.3) is 5.82 Å². The Hall–Kier alpha value is -4.31. The van der Waals surface area contributed by atoms with Gasteiger partial charge in [-0.3, -0.25) is 4.57 Å². The number of hydrogen-bond donors (Lipinski definition) is 2. The fraction of sp³-hybridized carbons (Fsp3) is 0.240. The zero-order valence-corrected chi connectivity index (χ0v) is 19.6. The number of morpholine rings is 1. The van der Waals surface area contributed by atoms with Crippen LogP contribution >= 0.6 is 0 Å². The Labute approximate surface area is 203 Å². The van der Waals surface area contributed by atoms with Crippen LogP contribution in [0.5, 0.6) is 11.5 Å². The highest BCUT2D eigenvalue weighted by molar-refractivity contribution is 5.66. The first-order valence-electron chi connectivity index (χ1n) is 11.3. The third-order valence-corrected chi connectivity index (χ3v) is 5.71. The Balaban J connectivity index is 1.33. The maximum atomic E-state index is 5.47. The van der Waals surface area contributed by atoms with Crippen LogP contribution in [-0.4, -0.2) is 60.0 Å². The van der Waals surface area contributed by atoms with E-state index in [2.05, 4.69) is 42.6 Å². The van der Waals surface area contributed by atoms with Gasteiger partial charge in [-0.15, -0.1) is 0 Å². The first-order valence-corrected chi connectivity index (χ1v) is 11.3. The van der Waals surface area contributed by atoms with E-state index in [9.17, 15) is 0 Å². The van der Waals surface area contributed by atoms with E-state index in [4.69, 9.17) is 14.2 Å². The van der Waals surface area contributed by atoms with Crippen LogP contribution in [0.1, 0.15) is 0 Å². The topological polar surface area (TPSA) is 98.6 Å². The molecule has 2 N–H and O–H groups in total. The summed E-state index contributed by atoms with van der Waals surface area (Å²) in [6, 6.07) is 15.7. The van der Waals surface area contributed by atoms with E-state index < -0.39 is 0 Å². The SMILES string of the molecule is COc1ccc(OC)c(Nc2nccn2-c2cc(Nc3ccc(N4CCOCC4)cc3)ncn2)c1. The second-order valence-electron chi connectivity index (χ2n) is 7.84. The normalized spacial score (nSPS) is 13.4. The largest absolute Gasteiger partial charge is 0.497 e. The molecule has 10 nitrogen and oxygen atoms in total. The number of rotatable bonds is 8. The third kappa shape index (κ3) is 5.12. The van der Waals surface area contributed by atoms with Gasteiger partial charge in [-0.1, -0.05) is 0 Å². The van der Waals surface area contributed by atoms with E-state index in [1.807, 2.05) is 47.2 Å². The zero-order valence-electron chi connectivity index (χ0n) is 19.6. The van der Waals surface area contributed by atoms with Gasteiger partial charge in [0, 0.05) is 49.0 Å². The van der Waals surface area contributed by atoms with E-state index in [1.54, 1.807) is 20.4 Å². The van der Waals surface area contributed by atoms with Gasteiger partial charge in [0.2, 0.25) is 5.95 Å². The minimum Gasteiger partial charge on any atom is -0.497 e. The molecule has 2 aromatic carbocycles. The fourth-order valence-corrected chi connectivity index (χ4v) is 3.89. The van der Waals surface area contributed by atoms with Crippen molar-refractivity contribution in [2.75, 3.05) is 56.1 Å². The molecule has 2 aromatic heterocycles. The Bertz CT molecular complexity index is 1270. The lowest BCUT2D eigenvalue weighted by atomic mass is 10.2. The van der Waals surface area contributed by atoms with Crippen molar-refractivity contribution in [1.82, 2.24) is 19.5 Å². The fourth-order valence-electron chi connectivity index (χ4n) is 3.89. The molecule has 1 aliphatic rings. The van der Waals surface area contributed by atoms with Crippen LogP contribution in [0.15, 0.2) is 67.3 Å². The van der Waals surface area contributed by atoms with Crippen LogP contribution in [0.3, 0.4) is 0 Å². The van der Waals surface area contributed by atoms with Gasteiger partial charge >= 0.3 is 0 Å². The number of hydrogen-bond acceptors (Lipinski definition) is 9. The number of ether oxygens (including phenoxy) is 3. The Morgan fingerprint density at radius 1 is 0.886 bits per heavy atom. The molecule has 180 valence electrons. The summed E-state index contributed by atoms with van der Waals surface area (Å²) in [6.07, 6.45) is 5.06. The Kier molecular flexibility index (Phi) is 6.62. The molecule has 4 aromatic rings. The smallest absolute Gasteiger partial charge is 0.213 e. The molecular formula is C25H27N7O3. The van der Waals surface area contributed by atoms with Gasteiger partial charge in [-0.2, -0.15) is 0 Å².